The molecule has 2 aromatic carbocycles. The third kappa shape index (κ3) is 6.54. The van der Waals surface area contributed by atoms with Gasteiger partial charge < -0.3 is 15.4 Å². The molecule has 1 heterocycles. The Morgan fingerprint density at radius 1 is 1.11 bits per heavy atom. The highest BCUT2D eigenvalue weighted by Gasteiger charge is 2.19. The van der Waals surface area contributed by atoms with Crippen LogP contribution in [0.5, 0.6) is 0 Å². The van der Waals surface area contributed by atoms with Gasteiger partial charge in [0.25, 0.3) is 0 Å². The monoisotopic (exact) mass is 387 g/mol. The molecule has 0 radical (unpaired) electrons. The Bertz CT molecular complexity index is 720. The number of nitrogens with zero attached hydrogens (tertiary/aromatic N) is 1. The van der Waals surface area contributed by atoms with Crippen molar-refractivity contribution >= 4 is 17.6 Å². The predicted molar refractivity (Wildman–Crippen MR) is 108 cm³/mol. The number of carbonyl (C=O) groups is 1. The fourth-order valence-corrected chi connectivity index (χ4v) is 3.40. The maximum atomic E-state index is 12.4. The Morgan fingerprint density at radius 2 is 1.89 bits per heavy atom. The molecule has 6 heteroatoms. The molecular formula is C21H26ClN3O2. The van der Waals surface area contributed by atoms with Gasteiger partial charge in [-0.2, -0.15) is 0 Å². The third-order valence-electron chi connectivity index (χ3n) is 4.64. The first kappa shape index (κ1) is 19.7. The summed E-state index contributed by atoms with van der Waals surface area (Å²) in [6, 6.07) is 17.6. The second-order valence-electron chi connectivity index (χ2n) is 6.66. The number of amides is 2. The van der Waals surface area contributed by atoms with Gasteiger partial charge in [0.1, 0.15) is 0 Å². The van der Waals surface area contributed by atoms with Gasteiger partial charge in [0, 0.05) is 31.2 Å². The van der Waals surface area contributed by atoms with Crippen molar-refractivity contribution in [1.29, 1.82) is 0 Å². The minimum absolute atomic E-state index is 0.0598. The van der Waals surface area contributed by atoms with E-state index in [1.165, 1.54) is 0 Å². The van der Waals surface area contributed by atoms with E-state index in [0.29, 0.717) is 11.6 Å². The Hall–Kier alpha value is -2.08. The van der Waals surface area contributed by atoms with E-state index in [4.69, 9.17) is 16.3 Å². The Kier molecular flexibility index (Phi) is 7.51. The van der Waals surface area contributed by atoms with Gasteiger partial charge in [-0.05, 0) is 29.7 Å². The van der Waals surface area contributed by atoms with Crippen molar-refractivity contribution in [3.05, 3.63) is 70.7 Å². The maximum Gasteiger partial charge on any atom is 0.315 e. The highest BCUT2D eigenvalue weighted by Crippen LogP contribution is 2.15. The van der Waals surface area contributed by atoms with Crippen LogP contribution >= 0.6 is 11.6 Å². The second-order valence-corrected chi connectivity index (χ2v) is 7.09. The van der Waals surface area contributed by atoms with Gasteiger partial charge >= 0.3 is 6.03 Å². The topological polar surface area (TPSA) is 53.6 Å². The quantitative estimate of drug-likeness (QED) is 0.766. The van der Waals surface area contributed by atoms with Crippen molar-refractivity contribution in [3.8, 4) is 0 Å². The van der Waals surface area contributed by atoms with E-state index < -0.39 is 0 Å². The number of urea groups is 1. The molecule has 3 rings (SSSR count). The van der Waals surface area contributed by atoms with Crippen molar-refractivity contribution < 1.29 is 9.53 Å². The summed E-state index contributed by atoms with van der Waals surface area (Å²) >= 11 is 6.00. The zero-order chi connectivity index (χ0) is 18.9. The summed E-state index contributed by atoms with van der Waals surface area (Å²) in [4.78, 5) is 14.8. The van der Waals surface area contributed by atoms with Gasteiger partial charge in [-0.1, -0.05) is 54.1 Å². The molecule has 1 aliphatic rings. The van der Waals surface area contributed by atoms with Crippen LogP contribution in [0.1, 0.15) is 17.2 Å². The van der Waals surface area contributed by atoms with Crippen LogP contribution in [0.3, 0.4) is 0 Å². The fourth-order valence-electron chi connectivity index (χ4n) is 3.18. The standard InChI is InChI=1S/C21H26ClN3O2/c22-19-8-4-5-17(15-19)9-10-23-21(26)24-20(18-6-2-1-3-7-18)16-25-11-13-27-14-12-25/h1-8,15,20H,9-14,16H2,(H2,23,24,26)/t20-/m0/s1. The minimum Gasteiger partial charge on any atom is -0.379 e. The van der Waals surface area contributed by atoms with Crippen LogP contribution in [-0.4, -0.2) is 50.3 Å². The lowest BCUT2D eigenvalue weighted by atomic mass is 10.1. The lowest BCUT2D eigenvalue weighted by Gasteiger charge is -2.31. The smallest absolute Gasteiger partial charge is 0.315 e. The molecule has 0 aliphatic carbocycles. The Morgan fingerprint density at radius 3 is 2.63 bits per heavy atom. The largest absolute Gasteiger partial charge is 0.379 e. The molecule has 5 nitrogen and oxygen atoms in total. The molecule has 2 amide bonds. The molecule has 1 fully saturated rings. The van der Waals surface area contributed by atoms with Crippen molar-refractivity contribution in [2.24, 2.45) is 0 Å². The van der Waals surface area contributed by atoms with Gasteiger partial charge in [0.2, 0.25) is 0 Å². The van der Waals surface area contributed by atoms with Crippen molar-refractivity contribution in [2.45, 2.75) is 12.5 Å². The van der Waals surface area contributed by atoms with Gasteiger partial charge in [0.15, 0.2) is 0 Å². The summed E-state index contributed by atoms with van der Waals surface area (Å²) < 4.78 is 5.42. The van der Waals surface area contributed by atoms with Gasteiger partial charge in [-0.15, -0.1) is 0 Å². The van der Waals surface area contributed by atoms with Crippen LogP contribution < -0.4 is 10.6 Å². The number of halogens is 1. The van der Waals surface area contributed by atoms with Crippen LogP contribution in [0, 0.1) is 0 Å². The van der Waals surface area contributed by atoms with E-state index in [1.54, 1.807) is 0 Å². The first-order valence-corrected chi connectivity index (χ1v) is 9.72. The van der Waals surface area contributed by atoms with Crippen LogP contribution in [0.4, 0.5) is 4.79 Å². The lowest BCUT2D eigenvalue weighted by Crippen LogP contribution is -2.45. The first-order valence-electron chi connectivity index (χ1n) is 9.34. The Balaban J connectivity index is 1.53. The minimum atomic E-state index is -0.154. The Labute approximate surface area is 165 Å². The number of hydrogen-bond donors (Lipinski definition) is 2. The number of morpholine rings is 1. The number of carbonyl (C=O) groups excluding carboxylic acids is 1. The van der Waals surface area contributed by atoms with Crippen LogP contribution in [0.15, 0.2) is 54.6 Å². The van der Waals surface area contributed by atoms with Gasteiger partial charge in [0.05, 0.1) is 19.3 Å². The summed E-state index contributed by atoms with van der Waals surface area (Å²) in [5, 5.41) is 6.79. The molecule has 144 valence electrons. The summed E-state index contributed by atoms with van der Waals surface area (Å²) in [6.07, 6.45) is 0.743. The normalized spacial score (nSPS) is 15.9. The molecule has 1 aliphatic heterocycles. The number of benzene rings is 2. The first-order chi connectivity index (χ1) is 13.2. The zero-order valence-corrected chi connectivity index (χ0v) is 16.1. The molecule has 0 bridgehead atoms. The summed E-state index contributed by atoms with van der Waals surface area (Å²) in [5.74, 6) is 0. The van der Waals surface area contributed by atoms with Crippen LogP contribution in [0.2, 0.25) is 5.02 Å². The second kappa shape index (κ2) is 10.3. The molecule has 0 spiro atoms. The van der Waals surface area contributed by atoms with E-state index in [0.717, 1.165) is 50.4 Å². The van der Waals surface area contributed by atoms with E-state index in [2.05, 4.69) is 27.7 Å². The van der Waals surface area contributed by atoms with E-state index in [1.807, 2.05) is 42.5 Å². The highest BCUT2D eigenvalue weighted by atomic mass is 35.5. The molecule has 0 saturated carbocycles. The van der Waals surface area contributed by atoms with Crippen LogP contribution in [-0.2, 0) is 11.2 Å². The van der Waals surface area contributed by atoms with Gasteiger partial charge in [-0.3, -0.25) is 4.90 Å². The predicted octanol–water partition coefficient (Wildman–Crippen LogP) is 3.26. The average Bonchev–Trinajstić information content (AvgIpc) is 2.69. The molecule has 0 aromatic heterocycles. The fraction of sp³-hybridized carbons (Fsp3) is 0.381. The van der Waals surface area contributed by atoms with Crippen molar-refractivity contribution in [3.63, 3.8) is 0 Å². The third-order valence-corrected chi connectivity index (χ3v) is 4.88. The maximum absolute atomic E-state index is 12.4. The van der Waals surface area contributed by atoms with E-state index in [-0.39, 0.29) is 12.1 Å². The lowest BCUT2D eigenvalue weighted by molar-refractivity contribution is 0.0340. The van der Waals surface area contributed by atoms with Crippen molar-refractivity contribution in [2.75, 3.05) is 39.4 Å². The number of nitrogens with one attached hydrogen (secondary N) is 2. The van der Waals surface area contributed by atoms with E-state index >= 15 is 0 Å². The number of ether oxygens (including phenoxy) is 1. The average molecular weight is 388 g/mol. The molecule has 0 unspecified atom stereocenters. The molecule has 2 N–H and O–H groups in total. The number of hydrogen-bond acceptors (Lipinski definition) is 3. The zero-order valence-electron chi connectivity index (χ0n) is 15.4. The van der Waals surface area contributed by atoms with Crippen LogP contribution in [0.25, 0.3) is 0 Å². The highest BCUT2D eigenvalue weighted by molar-refractivity contribution is 6.30. The van der Waals surface area contributed by atoms with E-state index in [9.17, 15) is 4.79 Å². The summed E-state index contributed by atoms with van der Waals surface area (Å²) in [6.45, 7) is 4.60. The molecule has 1 saturated heterocycles. The molecule has 1 atom stereocenters. The van der Waals surface area contributed by atoms with Gasteiger partial charge in [-0.25, -0.2) is 4.79 Å². The van der Waals surface area contributed by atoms with Crippen molar-refractivity contribution in [1.82, 2.24) is 15.5 Å². The number of rotatable bonds is 7. The summed E-state index contributed by atoms with van der Waals surface area (Å²) in [5.41, 5.74) is 2.21. The SMILES string of the molecule is O=C(NCCc1cccc(Cl)c1)N[C@@H](CN1CCOCC1)c1ccccc1. The summed E-state index contributed by atoms with van der Waals surface area (Å²) in [7, 11) is 0. The molecule has 27 heavy (non-hydrogen) atoms. The molecular weight excluding hydrogens is 362 g/mol. The molecule has 2 aromatic rings.